The number of aromatic nitrogens is 2. The fourth-order valence-electron chi connectivity index (χ4n) is 3.33. The molecule has 0 atom stereocenters. The van der Waals surface area contributed by atoms with Gasteiger partial charge in [0.15, 0.2) is 0 Å². The zero-order chi connectivity index (χ0) is 21.5. The van der Waals surface area contributed by atoms with Gasteiger partial charge in [0, 0.05) is 29.0 Å². The van der Waals surface area contributed by atoms with Crippen molar-refractivity contribution in [1.29, 1.82) is 0 Å². The van der Waals surface area contributed by atoms with Crippen molar-refractivity contribution in [2.24, 2.45) is 5.73 Å². The van der Waals surface area contributed by atoms with Crippen LogP contribution in [0.15, 0.2) is 27.9 Å². The van der Waals surface area contributed by atoms with Crippen LogP contribution in [0.3, 0.4) is 0 Å². The molecule has 3 rings (SSSR count). The maximum Gasteiger partial charge on any atom is 0.338 e. The molecule has 0 spiro atoms. The predicted molar refractivity (Wildman–Crippen MR) is 106 cm³/mol. The summed E-state index contributed by atoms with van der Waals surface area (Å²) in [7, 11) is -2.84. The molecule has 5 N–H and O–H groups in total. The summed E-state index contributed by atoms with van der Waals surface area (Å²) < 4.78 is 26.3. The van der Waals surface area contributed by atoms with Gasteiger partial charge in [-0.1, -0.05) is 13.3 Å². The quantitative estimate of drug-likeness (QED) is 0.440. The van der Waals surface area contributed by atoms with Gasteiger partial charge in [-0.3, -0.25) is 9.59 Å². The lowest BCUT2D eigenvalue weighted by Crippen LogP contribution is -2.35. The summed E-state index contributed by atoms with van der Waals surface area (Å²) in [5, 5.41) is 10.2. The number of nitrogens with one attached hydrogen (secondary N) is 2. The van der Waals surface area contributed by atoms with E-state index >= 15 is 0 Å². The number of nitrogens with zero attached hydrogens (tertiary/aromatic N) is 1. The number of primary amides is 1. The van der Waals surface area contributed by atoms with E-state index in [0.717, 1.165) is 4.31 Å². The summed E-state index contributed by atoms with van der Waals surface area (Å²) in [4.78, 5) is 40.8. The first-order valence-electron chi connectivity index (χ1n) is 8.76. The molecule has 154 valence electrons. The second-order valence-corrected chi connectivity index (χ2v) is 8.72. The number of sulfonamides is 1. The van der Waals surface area contributed by atoms with Crippen molar-refractivity contribution in [3.8, 4) is 0 Å². The van der Waals surface area contributed by atoms with Crippen LogP contribution in [0.1, 0.15) is 29.4 Å². The zero-order valence-electron chi connectivity index (χ0n) is 15.8. The van der Waals surface area contributed by atoms with Gasteiger partial charge in [-0.05, 0) is 24.6 Å². The van der Waals surface area contributed by atoms with Crippen molar-refractivity contribution in [2.45, 2.75) is 24.7 Å². The third-order valence-corrected chi connectivity index (χ3v) is 6.41. The number of likely N-dealkylation sites (N-methyl/N-ethyl adjacent to an activating group) is 1. The summed E-state index contributed by atoms with van der Waals surface area (Å²) >= 11 is 0. The summed E-state index contributed by atoms with van der Waals surface area (Å²) in [5.74, 6) is -2.03. The minimum absolute atomic E-state index is 0.0574. The molecule has 0 aliphatic rings. The summed E-state index contributed by atoms with van der Waals surface area (Å²) in [6, 6.07) is 3.95. The van der Waals surface area contributed by atoms with Crippen LogP contribution in [0.25, 0.3) is 21.8 Å². The van der Waals surface area contributed by atoms with Gasteiger partial charge in [-0.2, -0.15) is 4.31 Å². The third-order valence-electron chi connectivity index (χ3n) is 4.61. The van der Waals surface area contributed by atoms with Crippen LogP contribution in [0, 0.1) is 0 Å². The Balaban J connectivity index is 2.36. The summed E-state index contributed by atoms with van der Waals surface area (Å²) in [6.07, 6.45) is 1.07. The number of carboxylic acid groups (broad SMARTS) is 1. The molecule has 2 aromatic heterocycles. The number of benzene rings is 1. The first-order valence-corrected chi connectivity index (χ1v) is 10.2. The van der Waals surface area contributed by atoms with E-state index in [9.17, 15) is 27.9 Å². The van der Waals surface area contributed by atoms with Gasteiger partial charge in [0.05, 0.1) is 17.0 Å². The second-order valence-electron chi connectivity index (χ2n) is 6.67. The van der Waals surface area contributed by atoms with Gasteiger partial charge in [0.2, 0.25) is 15.9 Å². The van der Waals surface area contributed by atoms with E-state index in [1.54, 1.807) is 0 Å². The Morgan fingerprint density at radius 1 is 1.24 bits per heavy atom. The summed E-state index contributed by atoms with van der Waals surface area (Å²) in [5.41, 5.74) is 5.28. The standard InChI is InChI=1S/C18H20N4O6S/c1-3-4-12-15(18(25)26)14-10-7-9(29(27,28)22(2)8-13(19)23)5-6-11(10)21-17(24)16(14)20-12/h5-7,20H,3-4,8H2,1-2H3,(H2,19,23)(H,21,24)(H,25,26). The number of hydrogen-bond donors (Lipinski definition) is 4. The maximum atomic E-state index is 12.8. The number of hydrogen-bond acceptors (Lipinski definition) is 5. The Bertz CT molecular complexity index is 1310. The number of carbonyl (C=O) groups is 2. The number of H-pyrrole nitrogens is 2. The van der Waals surface area contributed by atoms with Gasteiger partial charge < -0.3 is 20.8 Å². The number of carbonyl (C=O) groups excluding carboxylic acids is 1. The summed E-state index contributed by atoms with van der Waals surface area (Å²) in [6.45, 7) is 1.37. The number of nitrogens with two attached hydrogens (primary N) is 1. The molecular formula is C18H20N4O6S. The number of aromatic carboxylic acids is 1. The molecule has 2 heterocycles. The molecule has 0 fully saturated rings. The van der Waals surface area contributed by atoms with Crippen LogP contribution in [0.4, 0.5) is 0 Å². The molecule has 10 nitrogen and oxygen atoms in total. The zero-order valence-corrected chi connectivity index (χ0v) is 16.6. The monoisotopic (exact) mass is 420 g/mol. The lowest BCUT2D eigenvalue weighted by Gasteiger charge is -2.15. The molecular weight excluding hydrogens is 400 g/mol. The van der Waals surface area contributed by atoms with E-state index in [0.29, 0.717) is 24.1 Å². The fourth-order valence-corrected chi connectivity index (χ4v) is 4.50. The highest BCUT2D eigenvalue weighted by atomic mass is 32.2. The van der Waals surface area contributed by atoms with E-state index in [2.05, 4.69) is 9.97 Å². The fraction of sp³-hybridized carbons (Fsp3) is 0.278. The first-order chi connectivity index (χ1) is 13.6. The Labute approximate surface area is 165 Å². The van der Waals surface area contributed by atoms with Crippen molar-refractivity contribution in [2.75, 3.05) is 13.6 Å². The number of carboxylic acids is 1. The molecule has 3 aromatic rings. The highest BCUT2D eigenvalue weighted by molar-refractivity contribution is 7.89. The maximum absolute atomic E-state index is 12.8. The molecule has 0 radical (unpaired) electrons. The highest BCUT2D eigenvalue weighted by Gasteiger charge is 2.25. The Kier molecular flexibility index (Phi) is 5.20. The van der Waals surface area contributed by atoms with Crippen LogP contribution in [-0.4, -0.2) is 53.3 Å². The number of rotatable bonds is 7. The predicted octanol–water partition coefficient (Wildman–Crippen LogP) is 0.766. The molecule has 1 amide bonds. The molecule has 0 aliphatic carbocycles. The minimum atomic E-state index is -4.06. The lowest BCUT2D eigenvalue weighted by molar-refractivity contribution is -0.118. The molecule has 0 unspecified atom stereocenters. The average Bonchev–Trinajstić information content (AvgIpc) is 3.01. The molecule has 1 aromatic carbocycles. The molecule has 11 heteroatoms. The van der Waals surface area contributed by atoms with Crippen LogP contribution < -0.4 is 11.3 Å². The van der Waals surface area contributed by atoms with Gasteiger partial charge in [0.1, 0.15) is 5.52 Å². The van der Waals surface area contributed by atoms with E-state index in [4.69, 9.17) is 5.73 Å². The Morgan fingerprint density at radius 3 is 2.52 bits per heavy atom. The number of fused-ring (bicyclic) bond motifs is 3. The molecule has 0 saturated heterocycles. The SMILES string of the molecule is CCCc1[nH]c2c(=O)[nH]c3ccc(S(=O)(=O)N(C)CC(N)=O)cc3c2c1C(=O)O. The first kappa shape index (κ1) is 20.6. The van der Waals surface area contributed by atoms with Gasteiger partial charge in [-0.25, -0.2) is 13.2 Å². The Hall–Kier alpha value is -3.18. The van der Waals surface area contributed by atoms with E-state index in [1.807, 2.05) is 6.92 Å². The largest absolute Gasteiger partial charge is 0.478 e. The smallest absolute Gasteiger partial charge is 0.338 e. The van der Waals surface area contributed by atoms with Crippen LogP contribution in [0.5, 0.6) is 0 Å². The van der Waals surface area contributed by atoms with Crippen molar-refractivity contribution >= 4 is 43.7 Å². The Morgan fingerprint density at radius 2 is 1.93 bits per heavy atom. The normalized spacial score (nSPS) is 12.1. The highest BCUT2D eigenvalue weighted by Crippen LogP contribution is 2.30. The van der Waals surface area contributed by atoms with Crippen molar-refractivity contribution in [1.82, 2.24) is 14.3 Å². The van der Waals surface area contributed by atoms with Crippen molar-refractivity contribution in [3.05, 3.63) is 39.8 Å². The van der Waals surface area contributed by atoms with Crippen LogP contribution in [-0.2, 0) is 21.2 Å². The topological polar surface area (TPSA) is 166 Å². The molecule has 29 heavy (non-hydrogen) atoms. The minimum Gasteiger partial charge on any atom is -0.478 e. The van der Waals surface area contributed by atoms with E-state index < -0.39 is 34.0 Å². The number of amides is 1. The van der Waals surface area contributed by atoms with E-state index in [-0.39, 0.29) is 26.7 Å². The van der Waals surface area contributed by atoms with Crippen molar-refractivity contribution < 1.29 is 23.1 Å². The lowest BCUT2D eigenvalue weighted by atomic mass is 10.0. The number of pyridine rings is 1. The van der Waals surface area contributed by atoms with E-state index in [1.165, 1.54) is 25.2 Å². The molecule has 0 saturated carbocycles. The van der Waals surface area contributed by atoms with Gasteiger partial charge >= 0.3 is 5.97 Å². The average molecular weight is 420 g/mol. The van der Waals surface area contributed by atoms with Gasteiger partial charge in [0.25, 0.3) is 5.56 Å². The van der Waals surface area contributed by atoms with Crippen LogP contribution >= 0.6 is 0 Å². The second kappa shape index (κ2) is 7.33. The van der Waals surface area contributed by atoms with Crippen molar-refractivity contribution in [3.63, 3.8) is 0 Å². The number of aromatic amines is 2. The molecule has 0 aliphatic heterocycles. The van der Waals surface area contributed by atoms with Crippen LogP contribution in [0.2, 0.25) is 0 Å². The number of aryl methyl sites for hydroxylation is 1. The molecule has 0 bridgehead atoms. The van der Waals surface area contributed by atoms with Gasteiger partial charge in [-0.15, -0.1) is 0 Å². The third kappa shape index (κ3) is 3.49.